The van der Waals surface area contributed by atoms with E-state index in [1.165, 1.54) is 6.42 Å². The van der Waals surface area contributed by atoms with Crippen molar-refractivity contribution in [3.8, 4) is 0 Å². The molecule has 1 amide bonds. The van der Waals surface area contributed by atoms with Crippen LogP contribution in [-0.4, -0.2) is 31.2 Å². The van der Waals surface area contributed by atoms with Gasteiger partial charge in [-0.1, -0.05) is 20.8 Å². The normalized spacial score (nSPS) is 14.4. The first kappa shape index (κ1) is 19.4. The molecule has 0 saturated heterocycles. The Labute approximate surface area is 124 Å². The van der Waals surface area contributed by atoms with E-state index < -0.39 is 5.54 Å². The van der Waals surface area contributed by atoms with E-state index in [9.17, 15) is 4.79 Å². The molecule has 120 valence electrons. The number of hydrogen-bond donors (Lipinski definition) is 2. The van der Waals surface area contributed by atoms with Gasteiger partial charge in [-0.05, 0) is 57.9 Å². The van der Waals surface area contributed by atoms with Gasteiger partial charge in [-0.3, -0.25) is 4.79 Å². The molecule has 0 aliphatic carbocycles. The average Bonchev–Trinajstić information content (AvgIpc) is 2.39. The van der Waals surface area contributed by atoms with E-state index in [0.717, 1.165) is 57.8 Å². The van der Waals surface area contributed by atoms with Crippen LogP contribution in [-0.2, 0) is 9.53 Å². The van der Waals surface area contributed by atoms with Crippen molar-refractivity contribution < 1.29 is 9.53 Å². The molecule has 0 spiro atoms. The minimum atomic E-state index is -0.576. The minimum absolute atomic E-state index is 0.260. The van der Waals surface area contributed by atoms with Crippen molar-refractivity contribution in [2.45, 2.75) is 71.8 Å². The lowest BCUT2D eigenvalue weighted by Gasteiger charge is -2.27. The van der Waals surface area contributed by atoms with Crippen LogP contribution in [0.2, 0.25) is 0 Å². The van der Waals surface area contributed by atoms with Crippen molar-refractivity contribution >= 4 is 5.91 Å². The third-order valence-electron chi connectivity index (χ3n) is 3.59. The second-order valence-electron chi connectivity index (χ2n) is 6.23. The van der Waals surface area contributed by atoms with Gasteiger partial charge in [0.25, 0.3) is 0 Å². The predicted molar refractivity (Wildman–Crippen MR) is 84.6 cm³/mol. The summed E-state index contributed by atoms with van der Waals surface area (Å²) in [5.41, 5.74) is 4.91. The van der Waals surface area contributed by atoms with Gasteiger partial charge in [0, 0.05) is 13.2 Å². The number of carbonyl (C=O) groups excluding carboxylic acids is 1. The highest BCUT2D eigenvalue weighted by atomic mass is 16.5. The number of primary amides is 1. The molecule has 0 aromatic rings. The summed E-state index contributed by atoms with van der Waals surface area (Å²) in [6.45, 7) is 10.9. The zero-order chi connectivity index (χ0) is 15.4. The fraction of sp³-hybridized carbons (Fsp3) is 0.938. The van der Waals surface area contributed by atoms with Gasteiger partial charge in [-0.25, -0.2) is 0 Å². The second-order valence-corrected chi connectivity index (χ2v) is 6.23. The monoisotopic (exact) mass is 286 g/mol. The maximum atomic E-state index is 11.5. The Kier molecular flexibility index (Phi) is 10.8. The SMILES string of the molecule is CCCNC(C)(CCCCOCCCC(C)C)C(N)=O. The molecule has 0 aliphatic rings. The average molecular weight is 286 g/mol. The zero-order valence-corrected chi connectivity index (χ0v) is 13.8. The number of amides is 1. The number of ether oxygens (including phenoxy) is 1. The van der Waals surface area contributed by atoms with E-state index >= 15 is 0 Å². The van der Waals surface area contributed by atoms with Gasteiger partial charge in [0.2, 0.25) is 5.91 Å². The maximum absolute atomic E-state index is 11.5. The van der Waals surface area contributed by atoms with Crippen LogP contribution in [0.3, 0.4) is 0 Å². The van der Waals surface area contributed by atoms with Gasteiger partial charge in [0.15, 0.2) is 0 Å². The van der Waals surface area contributed by atoms with Crippen LogP contribution >= 0.6 is 0 Å². The third-order valence-corrected chi connectivity index (χ3v) is 3.59. The van der Waals surface area contributed by atoms with Crippen molar-refractivity contribution in [2.24, 2.45) is 11.7 Å². The summed E-state index contributed by atoms with van der Waals surface area (Å²) >= 11 is 0. The van der Waals surface area contributed by atoms with Crippen molar-refractivity contribution in [3.63, 3.8) is 0 Å². The summed E-state index contributed by atoms with van der Waals surface area (Å²) in [6.07, 6.45) is 6.08. The molecule has 0 aromatic carbocycles. The number of hydrogen-bond acceptors (Lipinski definition) is 3. The molecule has 20 heavy (non-hydrogen) atoms. The Balaban J connectivity index is 3.66. The van der Waals surface area contributed by atoms with Crippen molar-refractivity contribution in [1.29, 1.82) is 0 Å². The molecule has 3 N–H and O–H groups in total. The number of rotatable bonds is 13. The molecule has 4 nitrogen and oxygen atoms in total. The smallest absolute Gasteiger partial charge is 0.237 e. The third kappa shape index (κ3) is 9.32. The Morgan fingerprint density at radius 1 is 1.25 bits per heavy atom. The molecule has 4 heteroatoms. The number of nitrogens with one attached hydrogen (secondary N) is 1. The lowest BCUT2D eigenvalue weighted by Crippen LogP contribution is -2.53. The molecule has 0 fully saturated rings. The summed E-state index contributed by atoms with van der Waals surface area (Å²) in [4.78, 5) is 11.5. The summed E-state index contributed by atoms with van der Waals surface area (Å²) in [7, 11) is 0. The molecule has 0 bridgehead atoms. The highest BCUT2D eigenvalue weighted by Crippen LogP contribution is 2.14. The van der Waals surface area contributed by atoms with Crippen LogP contribution in [0.15, 0.2) is 0 Å². The molecular weight excluding hydrogens is 252 g/mol. The van der Waals surface area contributed by atoms with Crippen LogP contribution in [0, 0.1) is 5.92 Å². The fourth-order valence-electron chi connectivity index (χ4n) is 2.08. The molecule has 0 aromatic heterocycles. The van der Waals surface area contributed by atoms with Crippen LogP contribution in [0.5, 0.6) is 0 Å². The quantitative estimate of drug-likeness (QED) is 0.512. The van der Waals surface area contributed by atoms with Crippen molar-refractivity contribution in [1.82, 2.24) is 5.32 Å². The standard InChI is InChI=1S/C16H34N2O2/c1-5-11-18-16(4,15(17)19)10-6-7-12-20-13-8-9-14(2)3/h14,18H,5-13H2,1-4H3,(H2,17,19). The topological polar surface area (TPSA) is 64.3 Å². The summed E-state index contributed by atoms with van der Waals surface area (Å²) < 4.78 is 5.60. The molecule has 1 unspecified atom stereocenters. The van der Waals surface area contributed by atoms with Crippen LogP contribution in [0.4, 0.5) is 0 Å². The van der Waals surface area contributed by atoms with Gasteiger partial charge in [0.05, 0.1) is 5.54 Å². The van der Waals surface area contributed by atoms with Gasteiger partial charge in [0.1, 0.15) is 0 Å². The summed E-state index contributed by atoms with van der Waals surface area (Å²) in [6, 6.07) is 0. The molecular formula is C16H34N2O2. The highest BCUT2D eigenvalue weighted by Gasteiger charge is 2.29. The Morgan fingerprint density at radius 2 is 1.90 bits per heavy atom. The Bertz CT molecular complexity index is 257. The van der Waals surface area contributed by atoms with Crippen molar-refractivity contribution in [3.05, 3.63) is 0 Å². The lowest BCUT2D eigenvalue weighted by atomic mass is 9.94. The lowest BCUT2D eigenvalue weighted by molar-refractivity contribution is -0.124. The molecule has 0 aliphatic heterocycles. The largest absolute Gasteiger partial charge is 0.381 e. The second kappa shape index (κ2) is 11.1. The van der Waals surface area contributed by atoms with E-state index in [-0.39, 0.29) is 5.91 Å². The van der Waals surface area contributed by atoms with Crippen molar-refractivity contribution in [2.75, 3.05) is 19.8 Å². The Hall–Kier alpha value is -0.610. The number of nitrogens with two attached hydrogens (primary N) is 1. The van der Waals surface area contributed by atoms with Crippen LogP contribution in [0.1, 0.15) is 66.2 Å². The predicted octanol–water partition coefficient (Wildman–Crippen LogP) is 2.85. The minimum Gasteiger partial charge on any atom is -0.381 e. The number of carbonyl (C=O) groups is 1. The summed E-state index contributed by atoms with van der Waals surface area (Å²) in [5.74, 6) is 0.489. The Morgan fingerprint density at radius 3 is 2.45 bits per heavy atom. The number of unbranched alkanes of at least 4 members (excludes halogenated alkanes) is 1. The molecule has 0 saturated carbocycles. The van der Waals surface area contributed by atoms with E-state index in [2.05, 4.69) is 26.1 Å². The van der Waals surface area contributed by atoms with Crippen LogP contribution < -0.4 is 11.1 Å². The maximum Gasteiger partial charge on any atom is 0.237 e. The fourth-order valence-corrected chi connectivity index (χ4v) is 2.08. The van der Waals surface area contributed by atoms with E-state index in [0.29, 0.717) is 0 Å². The van der Waals surface area contributed by atoms with Gasteiger partial charge < -0.3 is 15.8 Å². The molecule has 0 heterocycles. The van der Waals surface area contributed by atoms with E-state index in [1.54, 1.807) is 0 Å². The van der Waals surface area contributed by atoms with Gasteiger partial charge in [-0.15, -0.1) is 0 Å². The van der Waals surface area contributed by atoms with E-state index in [4.69, 9.17) is 10.5 Å². The van der Waals surface area contributed by atoms with E-state index in [1.807, 2.05) is 6.92 Å². The first-order chi connectivity index (χ1) is 9.42. The van der Waals surface area contributed by atoms with Gasteiger partial charge in [-0.2, -0.15) is 0 Å². The molecule has 0 rings (SSSR count). The molecule has 1 atom stereocenters. The first-order valence-electron chi connectivity index (χ1n) is 8.05. The highest BCUT2D eigenvalue weighted by molar-refractivity contribution is 5.84. The first-order valence-corrected chi connectivity index (χ1v) is 8.05. The molecule has 0 radical (unpaired) electrons. The van der Waals surface area contributed by atoms with Crippen LogP contribution in [0.25, 0.3) is 0 Å². The zero-order valence-electron chi connectivity index (χ0n) is 13.8. The van der Waals surface area contributed by atoms with Gasteiger partial charge >= 0.3 is 0 Å². The summed E-state index contributed by atoms with van der Waals surface area (Å²) in [5, 5.41) is 3.25.